The van der Waals surface area contributed by atoms with Crippen LogP contribution in [0.2, 0.25) is 0 Å². The van der Waals surface area contributed by atoms with E-state index in [1.807, 2.05) is 6.07 Å². The Balaban J connectivity index is 1.85. The van der Waals surface area contributed by atoms with E-state index in [9.17, 15) is 0 Å². The fourth-order valence-electron chi connectivity index (χ4n) is 3.21. The molecule has 0 saturated heterocycles. The van der Waals surface area contributed by atoms with Crippen molar-refractivity contribution in [2.75, 3.05) is 13.2 Å². The van der Waals surface area contributed by atoms with Gasteiger partial charge in [-0.15, -0.1) is 0 Å². The van der Waals surface area contributed by atoms with Crippen molar-refractivity contribution in [3.05, 3.63) is 65.2 Å². The number of fused-ring (bicyclic) bond motifs is 1. The van der Waals surface area contributed by atoms with E-state index in [2.05, 4.69) is 61.6 Å². The van der Waals surface area contributed by atoms with Crippen LogP contribution in [0, 0.1) is 12.8 Å². The number of nitrogens with one attached hydrogen (secondary N) is 1. The number of para-hydroxylation sites is 1. The largest absolute Gasteiger partial charge is 0.493 e. The molecule has 0 amide bonds. The predicted molar refractivity (Wildman–Crippen MR) is 86.7 cm³/mol. The minimum Gasteiger partial charge on any atom is -0.493 e. The van der Waals surface area contributed by atoms with Crippen LogP contribution >= 0.6 is 0 Å². The minimum atomic E-state index is 0.350. The van der Waals surface area contributed by atoms with Gasteiger partial charge in [0.2, 0.25) is 0 Å². The van der Waals surface area contributed by atoms with Crippen LogP contribution in [0.4, 0.5) is 0 Å². The molecule has 1 heterocycles. The first-order valence-electron chi connectivity index (χ1n) is 7.78. The molecule has 110 valence electrons. The molecule has 0 radical (unpaired) electrons. The number of hydrogen-bond donors (Lipinski definition) is 1. The molecule has 2 unspecified atom stereocenters. The third-order valence-electron chi connectivity index (χ3n) is 4.20. The summed E-state index contributed by atoms with van der Waals surface area (Å²) in [5, 5.41) is 3.65. The Morgan fingerprint density at radius 3 is 2.86 bits per heavy atom. The highest BCUT2D eigenvalue weighted by Gasteiger charge is 2.28. The van der Waals surface area contributed by atoms with Gasteiger partial charge >= 0.3 is 0 Å². The molecule has 0 fully saturated rings. The molecule has 21 heavy (non-hydrogen) atoms. The minimum absolute atomic E-state index is 0.350. The molecular formula is C19H23NO. The van der Waals surface area contributed by atoms with Gasteiger partial charge in [0.05, 0.1) is 6.61 Å². The van der Waals surface area contributed by atoms with Gasteiger partial charge in [0.15, 0.2) is 0 Å². The molecule has 1 aliphatic heterocycles. The molecule has 1 N–H and O–H groups in total. The van der Waals surface area contributed by atoms with Crippen molar-refractivity contribution in [3.8, 4) is 5.75 Å². The van der Waals surface area contributed by atoms with Gasteiger partial charge in [-0.2, -0.15) is 0 Å². The summed E-state index contributed by atoms with van der Waals surface area (Å²) in [4.78, 5) is 0. The molecule has 0 spiro atoms. The number of benzene rings is 2. The van der Waals surface area contributed by atoms with Gasteiger partial charge in [-0.25, -0.2) is 0 Å². The molecule has 0 aliphatic carbocycles. The second-order valence-corrected chi connectivity index (χ2v) is 5.83. The molecule has 0 aromatic heterocycles. The van der Waals surface area contributed by atoms with Crippen LogP contribution in [0.15, 0.2) is 48.5 Å². The molecule has 3 rings (SSSR count). The lowest BCUT2D eigenvalue weighted by atomic mass is 9.86. The summed E-state index contributed by atoms with van der Waals surface area (Å²) in [6.07, 6.45) is 1.07. The molecular weight excluding hydrogens is 258 g/mol. The fraction of sp³-hybridized carbons (Fsp3) is 0.368. The van der Waals surface area contributed by atoms with Crippen molar-refractivity contribution in [3.63, 3.8) is 0 Å². The maximum atomic E-state index is 5.98. The summed E-state index contributed by atoms with van der Waals surface area (Å²) >= 11 is 0. The van der Waals surface area contributed by atoms with Gasteiger partial charge in [-0.05, 0) is 37.1 Å². The van der Waals surface area contributed by atoms with E-state index in [0.717, 1.165) is 25.3 Å². The normalized spacial score (nSPS) is 18.7. The molecule has 2 heteroatoms. The SMILES string of the molecule is CCNC(c1cccc(C)c1)C1COc2ccccc2C1. The Bertz CT molecular complexity index is 608. The highest BCUT2D eigenvalue weighted by Crippen LogP contribution is 2.33. The summed E-state index contributed by atoms with van der Waals surface area (Å²) in [5.41, 5.74) is 4.00. The van der Waals surface area contributed by atoms with E-state index in [-0.39, 0.29) is 0 Å². The smallest absolute Gasteiger partial charge is 0.122 e. The Labute approximate surface area is 127 Å². The molecule has 2 atom stereocenters. The Kier molecular flexibility index (Phi) is 4.26. The van der Waals surface area contributed by atoms with Gasteiger partial charge in [-0.1, -0.05) is 55.0 Å². The summed E-state index contributed by atoms with van der Waals surface area (Å²) in [6, 6.07) is 17.5. The monoisotopic (exact) mass is 281 g/mol. The molecule has 2 aromatic rings. The van der Waals surface area contributed by atoms with Crippen LogP contribution in [0.1, 0.15) is 29.7 Å². The van der Waals surface area contributed by atoms with Gasteiger partial charge in [0, 0.05) is 12.0 Å². The summed E-state index contributed by atoms with van der Waals surface area (Å²) in [5.74, 6) is 1.52. The second-order valence-electron chi connectivity index (χ2n) is 5.83. The van der Waals surface area contributed by atoms with Crippen LogP contribution in [0.25, 0.3) is 0 Å². The average Bonchev–Trinajstić information content (AvgIpc) is 2.52. The van der Waals surface area contributed by atoms with Crippen LogP contribution in [0.5, 0.6) is 5.75 Å². The lowest BCUT2D eigenvalue weighted by Gasteiger charge is -2.32. The lowest BCUT2D eigenvalue weighted by Crippen LogP contribution is -2.35. The van der Waals surface area contributed by atoms with Crippen molar-refractivity contribution in [1.82, 2.24) is 5.32 Å². The molecule has 0 bridgehead atoms. The van der Waals surface area contributed by atoms with Crippen molar-refractivity contribution in [2.45, 2.75) is 26.3 Å². The Morgan fingerprint density at radius 2 is 2.05 bits per heavy atom. The van der Waals surface area contributed by atoms with Gasteiger partial charge < -0.3 is 10.1 Å². The van der Waals surface area contributed by atoms with E-state index in [1.54, 1.807) is 0 Å². The van der Waals surface area contributed by atoms with Crippen molar-refractivity contribution in [1.29, 1.82) is 0 Å². The van der Waals surface area contributed by atoms with Gasteiger partial charge in [0.25, 0.3) is 0 Å². The Hall–Kier alpha value is -1.80. The third-order valence-corrected chi connectivity index (χ3v) is 4.20. The first-order chi connectivity index (χ1) is 10.3. The second kappa shape index (κ2) is 6.31. The van der Waals surface area contributed by atoms with E-state index in [1.165, 1.54) is 16.7 Å². The number of rotatable bonds is 4. The zero-order valence-corrected chi connectivity index (χ0v) is 12.8. The molecule has 2 nitrogen and oxygen atoms in total. The zero-order valence-electron chi connectivity index (χ0n) is 12.8. The highest BCUT2D eigenvalue weighted by atomic mass is 16.5. The number of aryl methyl sites for hydroxylation is 1. The predicted octanol–water partition coefficient (Wildman–Crippen LogP) is 3.90. The van der Waals surface area contributed by atoms with E-state index in [4.69, 9.17) is 4.74 Å². The standard InChI is InChI=1S/C19H23NO/c1-3-20-19(16-9-6-7-14(2)11-16)17-12-15-8-4-5-10-18(15)21-13-17/h4-11,17,19-20H,3,12-13H2,1-2H3. The third kappa shape index (κ3) is 3.11. The van der Waals surface area contributed by atoms with E-state index in [0.29, 0.717) is 12.0 Å². The number of hydrogen-bond acceptors (Lipinski definition) is 2. The summed E-state index contributed by atoms with van der Waals surface area (Å²) in [7, 11) is 0. The lowest BCUT2D eigenvalue weighted by molar-refractivity contribution is 0.185. The molecule has 0 saturated carbocycles. The van der Waals surface area contributed by atoms with Crippen molar-refractivity contribution < 1.29 is 4.74 Å². The first-order valence-corrected chi connectivity index (χ1v) is 7.78. The average molecular weight is 281 g/mol. The van der Waals surface area contributed by atoms with Crippen LogP contribution < -0.4 is 10.1 Å². The van der Waals surface area contributed by atoms with Crippen LogP contribution in [-0.4, -0.2) is 13.2 Å². The first kappa shape index (κ1) is 14.2. The van der Waals surface area contributed by atoms with Gasteiger partial charge in [-0.3, -0.25) is 0 Å². The molecule has 2 aromatic carbocycles. The van der Waals surface area contributed by atoms with E-state index < -0.39 is 0 Å². The van der Waals surface area contributed by atoms with Crippen molar-refractivity contribution >= 4 is 0 Å². The quantitative estimate of drug-likeness (QED) is 0.918. The van der Waals surface area contributed by atoms with Crippen molar-refractivity contribution in [2.24, 2.45) is 5.92 Å². The maximum Gasteiger partial charge on any atom is 0.122 e. The maximum absolute atomic E-state index is 5.98. The number of ether oxygens (including phenoxy) is 1. The highest BCUT2D eigenvalue weighted by molar-refractivity contribution is 5.36. The summed E-state index contributed by atoms with van der Waals surface area (Å²) in [6.45, 7) is 6.07. The van der Waals surface area contributed by atoms with Crippen LogP contribution in [-0.2, 0) is 6.42 Å². The van der Waals surface area contributed by atoms with Gasteiger partial charge in [0.1, 0.15) is 5.75 Å². The van der Waals surface area contributed by atoms with E-state index >= 15 is 0 Å². The zero-order chi connectivity index (χ0) is 14.7. The topological polar surface area (TPSA) is 21.3 Å². The summed E-state index contributed by atoms with van der Waals surface area (Å²) < 4.78 is 5.98. The molecule has 1 aliphatic rings. The van der Waals surface area contributed by atoms with Crippen LogP contribution in [0.3, 0.4) is 0 Å². The Morgan fingerprint density at radius 1 is 1.19 bits per heavy atom. The fourth-order valence-corrected chi connectivity index (χ4v) is 3.21.